The van der Waals surface area contributed by atoms with Gasteiger partial charge in [-0.25, -0.2) is 9.97 Å². The highest BCUT2D eigenvalue weighted by atomic mass is 19.4. The lowest BCUT2D eigenvalue weighted by molar-refractivity contribution is -0.141. The van der Waals surface area contributed by atoms with Crippen LogP contribution in [0.3, 0.4) is 0 Å². The van der Waals surface area contributed by atoms with Gasteiger partial charge in [-0.05, 0) is 18.9 Å². The lowest BCUT2D eigenvalue weighted by atomic mass is 10.1. The third-order valence-corrected chi connectivity index (χ3v) is 2.94. The van der Waals surface area contributed by atoms with E-state index in [-0.39, 0.29) is 12.0 Å². The summed E-state index contributed by atoms with van der Waals surface area (Å²) in [6, 6.07) is 0.962. The van der Waals surface area contributed by atoms with Gasteiger partial charge in [-0.1, -0.05) is 13.8 Å². The summed E-state index contributed by atoms with van der Waals surface area (Å²) in [5.41, 5.74) is 4.59. The van der Waals surface area contributed by atoms with Gasteiger partial charge in [0.25, 0.3) is 0 Å². The van der Waals surface area contributed by atoms with Crippen LogP contribution in [0.25, 0.3) is 0 Å². The lowest BCUT2D eigenvalue weighted by Gasteiger charge is -2.30. The van der Waals surface area contributed by atoms with Gasteiger partial charge in [0.1, 0.15) is 5.69 Å². The SMILES string of the molecule is CCC(CC)N(CCN)c1nccc(C(F)(F)F)n1. The minimum absolute atomic E-state index is 0.0898. The van der Waals surface area contributed by atoms with E-state index in [4.69, 9.17) is 5.73 Å². The Kier molecular flexibility index (Phi) is 5.53. The molecule has 0 unspecified atom stereocenters. The molecule has 1 heterocycles. The van der Waals surface area contributed by atoms with Crippen molar-refractivity contribution in [1.82, 2.24) is 9.97 Å². The second-order valence-electron chi connectivity index (χ2n) is 4.19. The molecule has 2 N–H and O–H groups in total. The summed E-state index contributed by atoms with van der Waals surface area (Å²) in [7, 11) is 0. The van der Waals surface area contributed by atoms with Crippen molar-refractivity contribution in [2.24, 2.45) is 5.73 Å². The largest absolute Gasteiger partial charge is 0.433 e. The first kappa shape index (κ1) is 15.7. The molecule has 1 aromatic heterocycles. The molecular weight excluding hydrogens is 257 g/mol. The molecule has 0 aromatic carbocycles. The Morgan fingerprint density at radius 3 is 2.42 bits per heavy atom. The molecule has 0 bridgehead atoms. The fourth-order valence-corrected chi connectivity index (χ4v) is 1.96. The molecule has 7 heteroatoms. The van der Waals surface area contributed by atoms with Crippen molar-refractivity contribution in [1.29, 1.82) is 0 Å². The monoisotopic (exact) mass is 276 g/mol. The third-order valence-electron chi connectivity index (χ3n) is 2.94. The van der Waals surface area contributed by atoms with Crippen molar-refractivity contribution in [3.05, 3.63) is 18.0 Å². The van der Waals surface area contributed by atoms with E-state index in [0.717, 1.165) is 25.1 Å². The molecule has 1 rings (SSSR count). The van der Waals surface area contributed by atoms with E-state index in [1.807, 2.05) is 13.8 Å². The highest BCUT2D eigenvalue weighted by Crippen LogP contribution is 2.28. The Balaban J connectivity index is 3.09. The lowest BCUT2D eigenvalue weighted by Crippen LogP contribution is -2.39. The van der Waals surface area contributed by atoms with E-state index in [2.05, 4.69) is 9.97 Å². The fraction of sp³-hybridized carbons (Fsp3) is 0.667. The summed E-state index contributed by atoms with van der Waals surface area (Å²) in [4.78, 5) is 9.31. The summed E-state index contributed by atoms with van der Waals surface area (Å²) in [5, 5.41) is 0. The Labute approximate surface area is 110 Å². The van der Waals surface area contributed by atoms with Gasteiger partial charge in [-0.15, -0.1) is 0 Å². The van der Waals surface area contributed by atoms with Crippen molar-refractivity contribution < 1.29 is 13.2 Å². The molecule has 0 atom stereocenters. The fourth-order valence-electron chi connectivity index (χ4n) is 1.96. The number of rotatable bonds is 6. The minimum Gasteiger partial charge on any atom is -0.337 e. The Morgan fingerprint density at radius 2 is 1.95 bits per heavy atom. The number of hydrogen-bond donors (Lipinski definition) is 1. The molecule has 1 aromatic rings. The molecule has 0 radical (unpaired) electrons. The molecule has 0 aliphatic rings. The zero-order chi connectivity index (χ0) is 14.5. The highest BCUT2D eigenvalue weighted by molar-refractivity contribution is 5.32. The summed E-state index contributed by atoms with van der Waals surface area (Å²) in [6.45, 7) is 4.74. The van der Waals surface area contributed by atoms with Crippen LogP contribution < -0.4 is 10.6 Å². The van der Waals surface area contributed by atoms with Gasteiger partial charge in [0.15, 0.2) is 0 Å². The Hall–Kier alpha value is -1.37. The zero-order valence-electron chi connectivity index (χ0n) is 11.1. The normalized spacial score (nSPS) is 11.9. The topological polar surface area (TPSA) is 55.0 Å². The second kappa shape index (κ2) is 6.70. The molecule has 19 heavy (non-hydrogen) atoms. The van der Waals surface area contributed by atoms with Crippen LogP contribution in [0.2, 0.25) is 0 Å². The van der Waals surface area contributed by atoms with Crippen LogP contribution in [0.1, 0.15) is 32.4 Å². The van der Waals surface area contributed by atoms with E-state index in [1.165, 1.54) is 0 Å². The van der Waals surface area contributed by atoms with E-state index >= 15 is 0 Å². The summed E-state index contributed by atoms with van der Waals surface area (Å²) in [5.74, 6) is 0.0916. The van der Waals surface area contributed by atoms with Crippen LogP contribution in [0.15, 0.2) is 12.3 Å². The van der Waals surface area contributed by atoms with Crippen molar-refractivity contribution in [2.45, 2.75) is 38.9 Å². The molecule has 0 aliphatic carbocycles. The van der Waals surface area contributed by atoms with Crippen LogP contribution in [0.5, 0.6) is 0 Å². The van der Waals surface area contributed by atoms with Gasteiger partial charge in [-0.2, -0.15) is 13.2 Å². The molecule has 0 fully saturated rings. The van der Waals surface area contributed by atoms with Gasteiger partial charge in [0, 0.05) is 25.3 Å². The number of nitrogens with two attached hydrogens (primary N) is 1. The maximum atomic E-state index is 12.6. The van der Waals surface area contributed by atoms with Crippen molar-refractivity contribution in [2.75, 3.05) is 18.0 Å². The number of hydrogen-bond acceptors (Lipinski definition) is 4. The first-order valence-electron chi connectivity index (χ1n) is 6.30. The molecule has 0 aliphatic heterocycles. The molecule has 0 saturated carbocycles. The summed E-state index contributed by atoms with van der Waals surface area (Å²) < 4.78 is 37.9. The third kappa shape index (κ3) is 4.05. The van der Waals surface area contributed by atoms with E-state index in [1.54, 1.807) is 4.90 Å². The molecule has 0 saturated heterocycles. The second-order valence-corrected chi connectivity index (χ2v) is 4.19. The van der Waals surface area contributed by atoms with Gasteiger partial charge < -0.3 is 10.6 Å². The summed E-state index contributed by atoms with van der Waals surface area (Å²) >= 11 is 0. The average molecular weight is 276 g/mol. The maximum Gasteiger partial charge on any atom is 0.433 e. The zero-order valence-corrected chi connectivity index (χ0v) is 11.1. The Bertz CT molecular complexity index is 391. The van der Waals surface area contributed by atoms with Gasteiger partial charge >= 0.3 is 6.18 Å². The maximum absolute atomic E-state index is 12.6. The van der Waals surface area contributed by atoms with Crippen LogP contribution in [-0.4, -0.2) is 29.1 Å². The first-order valence-corrected chi connectivity index (χ1v) is 6.30. The molecule has 4 nitrogen and oxygen atoms in total. The molecule has 108 valence electrons. The summed E-state index contributed by atoms with van der Waals surface area (Å²) in [6.07, 6.45) is -1.72. The van der Waals surface area contributed by atoms with Crippen molar-refractivity contribution in [3.8, 4) is 0 Å². The highest BCUT2D eigenvalue weighted by Gasteiger charge is 2.33. The molecule has 0 spiro atoms. The number of alkyl halides is 3. The molecule has 0 amide bonds. The average Bonchev–Trinajstić information content (AvgIpc) is 2.38. The van der Waals surface area contributed by atoms with Gasteiger partial charge in [-0.3, -0.25) is 0 Å². The first-order chi connectivity index (χ1) is 8.93. The van der Waals surface area contributed by atoms with Gasteiger partial charge in [0.2, 0.25) is 5.95 Å². The van der Waals surface area contributed by atoms with Crippen molar-refractivity contribution in [3.63, 3.8) is 0 Å². The number of aromatic nitrogens is 2. The van der Waals surface area contributed by atoms with E-state index in [9.17, 15) is 13.2 Å². The van der Waals surface area contributed by atoms with E-state index < -0.39 is 11.9 Å². The standard InChI is InChI=1S/C12H19F3N4/c1-3-9(4-2)19(8-6-16)11-17-7-5-10(18-11)12(13,14)15/h5,7,9H,3-4,6,8,16H2,1-2H3. The Morgan fingerprint density at radius 1 is 1.32 bits per heavy atom. The van der Waals surface area contributed by atoms with Crippen LogP contribution in [0.4, 0.5) is 19.1 Å². The predicted molar refractivity (Wildman–Crippen MR) is 67.8 cm³/mol. The van der Waals surface area contributed by atoms with Crippen LogP contribution in [0, 0.1) is 0 Å². The van der Waals surface area contributed by atoms with Gasteiger partial charge in [0.05, 0.1) is 0 Å². The van der Waals surface area contributed by atoms with Crippen molar-refractivity contribution >= 4 is 5.95 Å². The van der Waals surface area contributed by atoms with Crippen LogP contribution in [-0.2, 0) is 6.18 Å². The number of nitrogens with zero attached hydrogens (tertiary/aromatic N) is 3. The van der Waals surface area contributed by atoms with Crippen LogP contribution >= 0.6 is 0 Å². The quantitative estimate of drug-likeness (QED) is 0.867. The smallest absolute Gasteiger partial charge is 0.337 e. The molecular formula is C12H19F3N4. The predicted octanol–water partition coefficient (Wildman–Crippen LogP) is 2.45. The number of halogens is 3. The number of anilines is 1. The van der Waals surface area contributed by atoms with E-state index in [0.29, 0.717) is 13.1 Å². The minimum atomic E-state index is -4.46.